The number of benzene rings is 2. The Morgan fingerprint density at radius 2 is 1.57 bits per heavy atom. The summed E-state index contributed by atoms with van der Waals surface area (Å²) in [6.45, 7) is 12.6. The van der Waals surface area contributed by atoms with Gasteiger partial charge in [0.05, 0.1) is 0 Å². The van der Waals surface area contributed by atoms with Crippen LogP contribution in [0.15, 0.2) is 36.4 Å². The first-order chi connectivity index (χ1) is 13.2. The highest BCUT2D eigenvalue weighted by atomic mass is 16.3. The van der Waals surface area contributed by atoms with E-state index in [1.165, 1.54) is 31.2 Å². The third-order valence-electron chi connectivity index (χ3n) is 6.08. The predicted octanol–water partition coefficient (Wildman–Crippen LogP) is 7.56. The fraction of sp³-hybridized carbons (Fsp3) is 0.538. The number of rotatable bonds is 3. The van der Waals surface area contributed by atoms with Crippen molar-refractivity contribution >= 4 is 0 Å². The third-order valence-corrected chi connectivity index (χ3v) is 6.08. The van der Waals surface area contributed by atoms with Gasteiger partial charge in [-0.3, -0.25) is 0 Å². The molecule has 2 nitrogen and oxygen atoms in total. The van der Waals surface area contributed by atoms with E-state index in [0.29, 0.717) is 23.3 Å². The van der Waals surface area contributed by atoms with Crippen LogP contribution in [0.3, 0.4) is 0 Å². The molecule has 154 valence electrons. The molecule has 1 unspecified atom stereocenters. The number of phenols is 2. The average molecular weight is 383 g/mol. The van der Waals surface area contributed by atoms with Crippen LogP contribution in [0.2, 0.25) is 0 Å². The van der Waals surface area contributed by atoms with E-state index < -0.39 is 0 Å². The van der Waals surface area contributed by atoms with Crippen molar-refractivity contribution in [3.8, 4) is 11.5 Å². The van der Waals surface area contributed by atoms with Crippen molar-refractivity contribution in [3.63, 3.8) is 0 Å². The molecule has 2 N–H and O–H groups in total. The molecule has 0 amide bonds. The van der Waals surface area contributed by atoms with Crippen LogP contribution in [0.4, 0.5) is 0 Å². The molecule has 1 aliphatic rings. The van der Waals surface area contributed by atoms with Crippen LogP contribution in [0.1, 0.15) is 101 Å². The van der Waals surface area contributed by atoms with Crippen LogP contribution in [-0.4, -0.2) is 10.2 Å². The molecule has 0 bridgehead atoms. The summed E-state index contributed by atoms with van der Waals surface area (Å²) in [5.74, 6) is 2.07. The fourth-order valence-corrected chi connectivity index (χ4v) is 4.03. The van der Waals surface area contributed by atoms with E-state index in [1.807, 2.05) is 25.1 Å². The van der Waals surface area contributed by atoms with Crippen LogP contribution < -0.4 is 0 Å². The van der Waals surface area contributed by atoms with E-state index in [9.17, 15) is 10.2 Å². The zero-order valence-corrected chi connectivity index (χ0v) is 18.5. The SMILES string of the molecule is CCC(C)c1cccc(C2CCCC2)c1O.Cc1cccc(C(C)(C)C)c1O. The summed E-state index contributed by atoms with van der Waals surface area (Å²) in [6.07, 6.45) is 6.21. The van der Waals surface area contributed by atoms with Crippen LogP contribution in [-0.2, 0) is 5.41 Å². The molecule has 28 heavy (non-hydrogen) atoms. The van der Waals surface area contributed by atoms with Gasteiger partial charge in [0.15, 0.2) is 0 Å². The second-order valence-electron chi connectivity index (χ2n) is 9.30. The first kappa shape index (κ1) is 22.3. The van der Waals surface area contributed by atoms with Gasteiger partial charge in [0.25, 0.3) is 0 Å². The van der Waals surface area contributed by atoms with Crippen LogP contribution in [0.5, 0.6) is 11.5 Å². The second kappa shape index (κ2) is 9.49. The Balaban J connectivity index is 0.000000209. The summed E-state index contributed by atoms with van der Waals surface area (Å²) in [6, 6.07) is 12.2. The van der Waals surface area contributed by atoms with Crippen molar-refractivity contribution in [2.45, 2.75) is 90.9 Å². The van der Waals surface area contributed by atoms with Crippen molar-refractivity contribution in [2.24, 2.45) is 0 Å². The molecule has 2 aromatic rings. The Labute approximate surface area is 171 Å². The molecule has 1 fully saturated rings. The van der Waals surface area contributed by atoms with Gasteiger partial charge in [-0.1, -0.05) is 83.9 Å². The van der Waals surface area contributed by atoms with Crippen molar-refractivity contribution in [1.82, 2.24) is 0 Å². The molecule has 1 atom stereocenters. The van der Waals surface area contributed by atoms with Gasteiger partial charge in [-0.2, -0.15) is 0 Å². The minimum Gasteiger partial charge on any atom is -0.507 e. The van der Waals surface area contributed by atoms with Gasteiger partial charge in [-0.15, -0.1) is 0 Å². The maximum Gasteiger partial charge on any atom is 0.122 e. The fourth-order valence-electron chi connectivity index (χ4n) is 4.03. The van der Waals surface area contributed by atoms with Gasteiger partial charge in [0, 0.05) is 0 Å². The molecular formula is C26H38O2. The molecule has 1 saturated carbocycles. The molecule has 0 aromatic heterocycles. The smallest absolute Gasteiger partial charge is 0.122 e. The lowest BCUT2D eigenvalue weighted by atomic mass is 9.85. The van der Waals surface area contributed by atoms with E-state index >= 15 is 0 Å². The number of phenolic OH excluding ortho intramolecular Hbond substituents is 2. The number of hydrogen-bond acceptors (Lipinski definition) is 2. The summed E-state index contributed by atoms with van der Waals surface area (Å²) < 4.78 is 0. The summed E-state index contributed by atoms with van der Waals surface area (Å²) in [5, 5.41) is 20.1. The van der Waals surface area contributed by atoms with Crippen LogP contribution >= 0.6 is 0 Å². The first-order valence-corrected chi connectivity index (χ1v) is 10.8. The minimum absolute atomic E-state index is 0.0239. The maximum absolute atomic E-state index is 10.4. The van der Waals surface area contributed by atoms with Gasteiger partial charge in [0.2, 0.25) is 0 Å². The highest BCUT2D eigenvalue weighted by molar-refractivity contribution is 5.44. The van der Waals surface area contributed by atoms with E-state index in [-0.39, 0.29) is 5.41 Å². The second-order valence-corrected chi connectivity index (χ2v) is 9.30. The standard InChI is InChI=1S/C15H22O.C11H16O/c1-3-11(2)13-9-6-10-14(15(13)16)12-7-4-5-8-12;1-8-6-5-7-9(10(8)12)11(2,3)4/h6,9-12,16H,3-5,7-8H2,1-2H3;5-7,12H,1-4H3. The molecule has 0 aliphatic heterocycles. The van der Waals surface area contributed by atoms with Gasteiger partial charge < -0.3 is 10.2 Å². The third kappa shape index (κ3) is 5.31. The predicted molar refractivity (Wildman–Crippen MR) is 120 cm³/mol. The van der Waals surface area contributed by atoms with Crippen molar-refractivity contribution < 1.29 is 10.2 Å². The lowest BCUT2D eigenvalue weighted by molar-refractivity contribution is 0.443. The van der Waals surface area contributed by atoms with E-state index in [0.717, 1.165) is 23.1 Å². The topological polar surface area (TPSA) is 40.5 Å². The summed E-state index contributed by atoms with van der Waals surface area (Å²) in [7, 11) is 0. The van der Waals surface area contributed by atoms with Crippen molar-refractivity contribution in [1.29, 1.82) is 0 Å². The van der Waals surface area contributed by atoms with Crippen LogP contribution in [0.25, 0.3) is 0 Å². The molecule has 2 heteroatoms. The van der Waals surface area contributed by atoms with Gasteiger partial charge in [-0.05, 0) is 65.7 Å². The van der Waals surface area contributed by atoms with E-state index in [1.54, 1.807) is 0 Å². The summed E-state index contributed by atoms with van der Waals surface area (Å²) in [5.41, 5.74) is 4.31. The molecule has 0 heterocycles. The molecule has 3 rings (SSSR count). The van der Waals surface area contributed by atoms with E-state index in [2.05, 4.69) is 52.8 Å². The highest BCUT2D eigenvalue weighted by Crippen LogP contribution is 2.41. The maximum atomic E-state index is 10.4. The normalized spacial score (nSPS) is 15.8. The number of hydrogen-bond donors (Lipinski definition) is 2. The van der Waals surface area contributed by atoms with E-state index in [4.69, 9.17) is 0 Å². The Morgan fingerprint density at radius 1 is 0.964 bits per heavy atom. The number of aryl methyl sites for hydroxylation is 1. The monoisotopic (exact) mass is 382 g/mol. The van der Waals surface area contributed by atoms with Crippen molar-refractivity contribution in [3.05, 3.63) is 58.7 Å². The zero-order valence-electron chi connectivity index (χ0n) is 18.5. The molecule has 0 spiro atoms. The quantitative estimate of drug-likeness (QED) is 0.575. The van der Waals surface area contributed by atoms with Crippen molar-refractivity contribution in [2.75, 3.05) is 0 Å². The van der Waals surface area contributed by atoms with Gasteiger partial charge >= 0.3 is 0 Å². The Morgan fingerprint density at radius 3 is 2.11 bits per heavy atom. The largest absolute Gasteiger partial charge is 0.507 e. The number of aromatic hydroxyl groups is 2. The molecule has 0 saturated heterocycles. The molecule has 2 aromatic carbocycles. The summed E-state index contributed by atoms with van der Waals surface area (Å²) in [4.78, 5) is 0. The zero-order chi connectivity index (χ0) is 20.9. The van der Waals surface area contributed by atoms with Gasteiger partial charge in [-0.25, -0.2) is 0 Å². The lowest BCUT2D eigenvalue weighted by Gasteiger charge is -2.20. The summed E-state index contributed by atoms with van der Waals surface area (Å²) >= 11 is 0. The Hall–Kier alpha value is -1.96. The highest BCUT2D eigenvalue weighted by Gasteiger charge is 2.22. The number of para-hydroxylation sites is 2. The minimum atomic E-state index is 0.0239. The van der Waals surface area contributed by atoms with Crippen LogP contribution in [0, 0.1) is 6.92 Å². The Kier molecular flexibility index (Phi) is 7.57. The lowest BCUT2D eigenvalue weighted by Crippen LogP contribution is -2.11. The Bertz CT molecular complexity index is 764. The molecule has 1 aliphatic carbocycles. The first-order valence-electron chi connectivity index (χ1n) is 10.8. The average Bonchev–Trinajstić information content (AvgIpc) is 3.17. The molecular weight excluding hydrogens is 344 g/mol. The molecule has 0 radical (unpaired) electrons. The van der Waals surface area contributed by atoms with Gasteiger partial charge in [0.1, 0.15) is 11.5 Å².